The Morgan fingerprint density at radius 3 is 2.53 bits per heavy atom. The van der Waals surface area contributed by atoms with Gasteiger partial charge < -0.3 is 10.5 Å². The lowest BCUT2D eigenvalue weighted by Crippen LogP contribution is -2.18. The van der Waals surface area contributed by atoms with E-state index in [0.29, 0.717) is 11.4 Å². The molecule has 0 radical (unpaired) electrons. The maximum absolute atomic E-state index is 12.4. The Kier molecular flexibility index (Phi) is 4.46. The van der Waals surface area contributed by atoms with Gasteiger partial charge in [-0.3, -0.25) is 4.79 Å². The van der Waals surface area contributed by atoms with E-state index in [4.69, 9.17) is 10.5 Å². The van der Waals surface area contributed by atoms with E-state index >= 15 is 0 Å². The number of ether oxygens (including phenoxy) is 1. The van der Waals surface area contributed by atoms with Gasteiger partial charge in [-0.15, -0.1) is 0 Å². The summed E-state index contributed by atoms with van der Waals surface area (Å²) >= 11 is 0. The molecule has 3 nitrogen and oxygen atoms in total. The standard InChI is InChI=1S/C16H23NO2/c1-11(2)19-15-9-8-13(10-14(15)17)16(18)12-6-4-3-5-7-12/h8-12H,3-7,17H2,1-2H3. The summed E-state index contributed by atoms with van der Waals surface area (Å²) in [5.74, 6) is 1.09. The minimum absolute atomic E-state index is 0.0854. The molecule has 0 bridgehead atoms. The van der Waals surface area contributed by atoms with E-state index in [1.807, 2.05) is 26.0 Å². The molecule has 1 fully saturated rings. The molecule has 1 saturated carbocycles. The predicted octanol–water partition coefficient (Wildman–Crippen LogP) is 3.82. The van der Waals surface area contributed by atoms with E-state index in [9.17, 15) is 4.79 Å². The first kappa shape index (κ1) is 13.9. The fraction of sp³-hybridized carbons (Fsp3) is 0.562. The van der Waals surface area contributed by atoms with Gasteiger partial charge in [-0.1, -0.05) is 19.3 Å². The van der Waals surface area contributed by atoms with Gasteiger partial charge in [0.25, 0.3) is 0 Å². The number of Topliss-reactive ketones (excluding diaryl/α,β-unsaturated/α-hetero) is 1. The molecule has 19 heavy (non-hydrogen) atoms. The maximum Gasteiger partial charge on any atom is 0.166 e. The highest BCUT2D eigenvalue weighted by atomic mass is 16.5. The summed E-state index contributed by atoms with van der Waals surface area (Å²) in [7, 11) is 0. The highest BCUT2D eigenvalue weighted by Gasteiger charge is 2.22. The van der Waals surface area contributed by atoms with Crippen molar-refractivity contribution in [2.24, 2.45) is 5.92 Å². The molecule has 3 heteroatoms. The second-order valence-electron chi connectivity index (χ2n) is 5.62. The first-order valence-corrected chi connectivity index (χ1v) is 7.18. The van der Waals surface area contributed by atoms with Gasteiger partial charge >= 0.3 is 0 Å². The molecule has 0 aromatic heterocycles. The van der Waals surface area contributed by atoms with Crippen LogP contribution in [0.25, 0.3) is 0 Å². The molecule has 0 atom stereocenters. The Hall–Kier alpha value is -1.51. The summed E-state index contributed by atoms with van der Waals surface area (Å²) in [5.41, 5.74) is 7.23. The number of carbonyl (C=O) groups excluding carboxylic acids is 1. The summed E-state index contributed by atoms with van der Waals surface area (Å²) in [6, 6.07) is 5.41. The Balaban J connectivity index is 2.12. The second-order valence-corrected chi connectivity index (χ2v) is 5.62. The zero-order valence-electron chi connectivity index (χ0n) is 11.8. The van der Waals surface area contributed by atoms with E-state index in [1.54, 1.807) is 6.07 Å². The van der Waals surface area contributed by atoms with E-state index in [0.717, 1.165) is 18.4 Å². The molecule has 0 amide bonds. The second kappa shape index (κ2) is 6.09. The van der Waals surface area contributed by atoms with Crippen LogP contribution < -0.4 is 10.5 Å². The number of benzene rings is 1. The topological polar surface area (TPSA) is 52.3 Å². The third-order valence-corrected chi connectivity index (χ3v) is 3.63. The summed E-state index contributed by atoms with van der Waals surface area (Å²) in [4.78, 5) is 12.4. The van der Waals surface area contributed by atoms with Crippen LogP contribution >= 0.6 is 0 Å². The molecule has 104 valence electrons. The van der Waals surface area contributed by atoms with Crippen LogP contribution in [-0.2, 0) is 0 Å². The average Bonchev–Trinajstić information content (AvgIpc) is 2.41. The number of nitrogens with two attached hydrogens (primary N) is 1. The number of carbonyl (C=O) groups is 1. The van der Waals surface area contributed by atoms with Crippen LogP contribution in [0.5, 0.6) is 5.75 Å². The minimum Gasteiger partial charge on any atom is -0.489 e. The lowest BCUT2D eigenvalue weighted by Gasteiger charge is -2.20. The number of ketones is 1. The number of anilines is 1. The largest absolute Gasteiger partial charge is 0.489 e. The fourth-order valence-electron chi connectivity index (χ4n) is 2.66. The highest BCUT2D eigenvalue weighted by molar-refractivity contribution is 5.98. The van der Waals surface area contributed by atoms with Crippen LogP contribution in [0, 0.1) is 5.92 Å². The van der Waals surface area contributed by atoms with Crippen molar-refractivity contribution in [3.8, 4) is 5.75 Å². The molecule has 2 rings (SSSR count). The third-order valence-electron chi connectivity index (χ3n) is 3.63. The van der Waals surface area contributed by atoms with Crippen molar-refractivity contribution < 1.29 is 9.53 Å². The molecule has 1 aliphatic carbocycles. The molecule has 1 aromatic rings. The molecular weight excluding hydrogens is 238 g/mol. The normalized spacial score (nSPS) is 16.6. The van der Waals surface area contributed by atoms with E-state index in [1.165, 1.54) is 19.3 Å². The average molecular weight is 261 g/mol. The number of hydrogen-bond acceptors (Lipinski definition) is 3. The van der Waals surface area contributed by atoms with Crippen molar-refractivity contribution >= 4 is 11.5 Å². The predicted molar refractivity (Wildman–Crippen MR) is 77.5 cm³/mol. The molecule has 0 saturated heterocycles. The zero-order chi connectivity index (χ0) is 13.8. The van der Waals surface area contributed by atoms with Crippen LogP contribution in [0.3, 0.4) is 0 Å². The summed E-state index contributed by atoms with van der Waals surface area (Å²) < 4.78 is 5.59. The van der Waals surface area contributed by atoms with Crippen LogP contribution in [-0.4, -0.2) is 11.9 Å². The van der Waals surface area contributed by atoms with Gasteiger partial charge in [0.05, 0.1) is 11.8 Å². The monoisotopic (exact) mass is 261 g/mol. The van der Waals surface area contributed by atoms with Crippen molar-refractivity contribution in [1.82, 2.24) is 0 Å². The van der Waals surface area contributed by atoms with Crippen LogP contribution in [0.1, 0.15) is 56.3 Å². The van der Waals surface area contributed by atoms with Gasteiger partial charge in [0.2, 0.25) is 0 Å². The van der Waals surface area contributed by atoms with Crippen molar-refractivity contribution in [2.45, 2.75) is 52.1 Å². The minimum atomic E-state index is 0.0854. The first-order valence-electron chi connectivity index (χ1n) is 7.18. The van der Waals surface area contributed by atoms with E-state index in [-0.39, 0.29) is 17.8 Å². The van der Waals surface area contributed by atoms with Crippen molar-refractivity contribution in [3.63, 3.8) is 0 Å². The smallest absolute Gasteiger partial charge is 0.166 e. The van der Waals surface area contributed by atoms with Gasteiger partial charge in [-0.2, -0.15) is 0 Å². The van der Waals surface area contributed by atoms with E-state index < -0.39 is 0 Å². The molecule has 0 unspecified atom stereocenters. The van der Waals surface area contributed by atoms with Crippen molar-refractivity contribution in [2.75, 3.05) is 5.73 Å². The number of nitrogen functional groups attached to an aromatic ring is 1. The SMILES string of the molecule is CC(C)Oc1ccc(C(=O)C2CCCCC2)cc1N. The molecular formula is C16H23NO2. The van der Waals surface area contributed by atoms with Gasteiger partial charge in [-0.05, 0) is 44.9 Å². The number of rotatable bonds is 4. The first-order chi connectivity index (χ1) is 9.08. The third kappa shape index (κ3) is 3.49. The molecule has 0 aliphatic heterocycles. The summed E-state index contributed by atoms with van der Waals surface area (Å²) in [6.07, 6.45) is 5.71. The van der Waals surface area contributed by atoms with Gasteiger partial charge in [0, 0.05) is 11.5 Å². The molecule has 1 aromatic carbocycles. The highest BCUT2D eigenvalue weighted by Crippen LogP contribution is 2.29. The maximum atomic E-state index is 12.4. The number of hydrogen-bond donors (Lipinski definition) is 1. The molecule has 0 heterocycles. The summed E-state index contributed by atoms with van der Waals surface area (Å²) in [6.45, 7) is 3.92. The lowest BCUT2D eigenvalue weighted by molar-refractivity contribution is 0.0889. The van der Waals surface area contributed by atoms with Crippen molar-refractivity contribution in [1.29, 1.82) is 0 Å². The zero-order valence-corrected chi connectivity index (χ0v) is 11.8. The van der Waals surface area contributed by atoms with E-state index in [2.05, 4.69) is 0 Å². The Morgan fingerprint density at radius 1 is 1.26 bits per heavy atom. The van der Waals surface area contributed by atoms with Gasteiger partial charge in [0.15, 0.2) is 5.78 Å². The summed E-state index contributed by atoms with van der Waals surface area (Å²) in [5, 5.41) is 0. The fourth-order valence-corrected chi connectivity index (χ4v) is 2.66. The Labute approximate surface area is 115 Å². The Bertz CT molecular complexity index is 448. The van der Waals surface area contributed by atoms with Crippen LogP contribution in [0.15, 0.2) is 18.2 Å². The molecule has 1 aliphatic rings. The Morgan fingerprint density at radius 2 is 1.95 bits per heavy atom. The molecule has 2 N–H and O–H groups in total. The van der Waals surface area contributed by atoms with Gasteiger partial charge in [0.1, 0.15) is 5.75 Å². The van der Waals surface area contributed by atoms with Gasteiger partial charge in [-0.25, -0.2) is 0 Å². The van der Waals surface area contributed by atoms with Crippen LogP contribution in [0.4, 0.5) is 5.69 Å². The molecule has 0 spiro atoms. The quantitative estimate of drug-likeness (QED) is 0.662. The lowest BCUT2D eigenvalue weighted by atomic mass is 9.84. The van der Waals surface area contributed by atoms with Crippen LogP contribution in [0.2, 0.25) is 0 Å². The van der Waals surface area contributed by atoms with Crippen molar-refractivity contribution in [3.05, 3.63) is 23.8 Å².